The van der Waals surface area contributed by atoms with Crippen molar-refractivity contribution in [3.05, 3.63) is 29.3 Å². The number of benzene rings is 1. The summed E-state index contributed by atoms with van der Waals surface area (Å²) < 4.78 is 22.4. The Hall–Kier alpha value is -0.910. The number of methoxy groups -OCH3 is 2. The minimum atomic E-state index is -0.879. The number of hydrogen-bond donors (Lipinski definition) is 1. The van der Waals surface area contributed by atoms with E-state index < -0.39 is 10.8 Å². The molecular weight excluding hydrogens is 274 g/mol. The second-order valence-electron chi connectivity index (χ2n) is 4.56. The van der Waals surface area contributed by atoms with Gasteiger partial charge in [0, 0.05) is 42.4 Å². The van der Waals surface area contributed by atoms with Crippen molar-refractivity contribution in [1.82, 2.24) is 5.32 Å². The summed E-state index contributed by atoms with van der Waals surface area (Å²) in [6.45, 7) is 4.49. The molecule has 1 aromatic rings. The normalized spacial score (nSPS) is 12.3. The third-order valence-corrected chi connectivity index (χ3v) is 4.34. The van der Waals surface area contributed by atoms with Crippen LogP contribution in [0, 0.1) is 0 Å². The van der Waals surface area contributed by atoms with E-state index in [1.165, 1.54) is 5.56 Å². The molecule has 0 fully saturated rings. The zero-order chi connectivity index (χ0) is 14.8. The van der Waals surface area contributed by atoms with Gasteiger partial charge in [-0.05, 0) is 30.7 Å². The molecule has 0 aromatic heterocycles. The molecule has 1 N–H and O–H groups in total. The van der Waals surface area contributed by atoms with Gasteiger partial charge in [0.15, 0.2) is 0 Å². The smallest absolute Gasteiger partial charge is 0.123 e. The zero-order valence-electron chi connectivity index (χ0n) is 12.6. The fourth-order valence-electron chi connectivity index (χ4n) is 1.93. The third-order valence-electron chi connectivity index (χ3n) is 2.96. The Labute approximate surface area is 124 Å². The molecule has 1 unspecified atom stereocenters. The number of rotatable bonds is 10. The van der Waals surface area contributed by atoms with E-state index in [-0.39, 0.29) is 0 Å². The molecule has 0 saturated heterocycles. The van der Waals surface area contributed by atoms with Gasteiger partial charge < -0.3 is 14.8 Å². The standard InChI is InChI=1S/C15H25NO3S/c1-4-16-11-13-6-7-15(19-3)14(10-13)12-20(17)9-5-8-18-2/h6-7,10,16H,4-5,8-9,11-12H2,1-3H3. The summed E-state index contributed by atoms with van der Waals surface area (Å²) in [7, 11) is 2.43. The first-order valence-corrected chi connectivity index (χ1v) is 8.40. The molecule has 1 rings (SSSR count). The number of hydrogen-bond acceptors (Lipinski definition) is 4. The quantitative estimate of drug-likeness (QED) is 0.672. The van der Waals surface area contributed by atoms with Crippen LogP contribution in [0.1, 0.15) is 24.5 Å². The van der Waals surface area contributed by atoms with Crippen molar-refractivity contribution < 1.29 is 13.7 Å². The molecule has 0 radical (unpaired) electrons. The zero-order valence-corrected chi connectivity index (χ0v) is 13.4. The molecule has 0 aliphatic heterocycles. The first-order valence-electron chi connectivity index (χ1n) is 6.91. The molecule has 5 heteroatoms. The van der Waals surface area contributed by atoms with Crippen LogP contribution in [0.2, 0.25) is 0 Å². The van der Waals surface area contributed by atoms with Gasteiger partial charge >= 0.3 is 0 Å². The van der Waals surface area contributed by atoms with Crippen molar-refractivity contribution >= 4 is 10.8 Å². The third kappa shape index (κ3) is 6.03. The molecule has 0 saturated carbocycles. The van der Waals surface area contributed by atoms with Gasteiger partial charge in [0.25, 0.3) is 0 Å². The molecule has 4 nitrogen and oxygen atoms in total. The molecule has 0 aliphatic carbocycles. The Morgan fingerprint density at radius 3 is 2.75 bits per heavy atom. The summed E-state index contributed by atoms with van der Waals surface area (Å²) in [5.41, 5.74) is 2.20. The maximum Gasteiger partial charge on any atom is 0.123 e. The van der Waals surface area contributed by atoms with Crippen LogP contribution in [-0.2, 0) is 27.8 Å². The highest BCUT2D eigenvalue weighted by Gasteiger charge is 2.09. The molecule has 20 heavy (non-hydrogen) atoms. The monoisotopic (exact) mass is 299 g/mol. The summed E-state index contributed by atoms with van der Waals surface area (Å²) in [5.74, 6) is 2.01. The summed E-state index contributed by atoms with van der Waals surface area (Å²) in [4.78, 5) is 0. The lowest BCUT2D eigenvalue weighted by Gasteiger charge is -2.11. The second kappa shape index (κ2) is 9.91. The van der Waals surface area contributed by atoms with Crippen molar-refractivity contribution in [3.8, 4) is 5.75 Å². The minimum Gasteiger partial charge on any atom is -0.496 e. The molecule has 0 aliphatic rings. The van der Waals surface area contributed by atoms with E-state index in [1.807, 2.05) is 12.1 Å². The van der Waals surface area contributed by atoms with Crippen molar-refractivity contribution in [1.29, 1.82) is 0 Å². The van der Waals surface area contributed by atoms with Crippen molar-refractivity contribution in [2.45, 2.75) is 25.6 Å². The Morgan fingerprint density at radius 1 is 1.30 bits per heavy atom. The Morgan fingerprint density at radius 2 is 2.10 bits per heavy atom. The van der Waals surface area contributed by atoms with Gasteiger partial charge in [-0.3, -0.25) is 4.21 Å². The Kier molecular flexibility index (Phi) is 8.49. The molecular formula is C15H25NO3S. The number of nitrogens with one attached hydrogen (secondary N) is 1. The predicted octanol–water partition coefficient (Wildman–Crippen LogP) is 2.09. The summed E-state index contributed by atoms with van der Waals surface area (Å²) in [6, 6.07) is 6.07. The van der Waals surface area contributed by atoms with Gasteiger partial charge in [-0.15, -0.1) is 0 Å². The van der Waals surface area contributed by atoms with Crippen molar-refractivity contribution in [2.75, 3.05) is 33.1 Å². The lowest BCUT2D eigenvalue weighted by molar-refractivity contribution is 0.200. The van der Waals surface area contributed by atoms with Gasteiger partial charge in [-0.25, -0.2) is 0 Å². The molecule has 0 heterocycles. The van der Waals surface area contributed by atoms with Crippen molar-refractivity contribution in [2.24, 2.45) is 0 Å². The SMILES string of the molecule is CCNCc1ccc(OC)c(CS(=O)CCCOC)c1. The van der Waals surface area contributed by atoms with E-state index in [1.54, 1.807) is 14.2 Å². The van der Waals surface area contributed by atoms with Crippen LogP contribution in [0.25, 0.3) is 0 Å². The highest BCUT2D eigenvalue weighted by Crippen LogP contribution is 2.21. The second-order valence-corrected chi connectivity index (χ2v) is 6.14. The summed E-state index contributed by atoms with van der Waals surface area (Å²) in [5, 5.41) is 3.29. The van der Waals surface area contributed by atoms with Gasteiger partial charge in [0.1, 0.15) is 5.75 Å². The predicted molar refractivity (Wildman–Crippen MR) is 83.6 cm³/mol. The Bertz CT molecular complexity index is 424. The van der Waals surface area contributed by atoms with Gasteiger partial charge in [0.2, 0.25) is 0 Å². The molecule has 0 bridgehead atoms. The maximum atomic E-state index is 12.1. The average molecular weight is 299 g/mol. The topological polar surface area (TPSA) is 47.6 Å². The molecule has 1 atom stereocenters. The fourth-order valence-corrected chi connectivity index (χ4v) is 3.09. The molecule has 0 spiro atoms. The van der Waals surface area contributed by atoms with Crippen LogP contribution in [-0.4, -0.2) is 37.3 Å². The van der Waals surface area contributed by atoms with E-state index in [2.05, 4.69) is 18.3 Å². The van der Waals surface area contributed by atoms with Crippen LogP contribution in [0.5, 0.6) is 5.75 Å². The van der Waals surface area contributed by atoms with Crippen LogP contribution in [0.4, 0.5) is 0 Å². The van der Waals surface area contributed by atoms with E-state index in [4.69, 9.17) is 9.47 Å². The average Bonchev–Trinajstić information content (AvgIpc) is 2.45. The molecule has 1 aromatic carbocycles. The first-order chi connectivity index (χ1) is 9.71. The lowest BCUT2D eigenvalue weighted by atomic mass is 10.1. The van der Waals surface area contributed by atoms with E-state index in [0.717, 1.165) is 30.8 Å². The van der Waals surface area contributed by atoms with Crippen LogP contribution >= 0.6 is 0 Å². The first kappa shape index (κ1) is 17.1. The number of ether oxygens (including phenoxy) is 2. The van der Waals surface area contributed by atoms with Gasteiger partial charge in [0.05, 0.1) is 12.9 Å². The Balaban J connectivity index is 2.67. The lowest BCUT2D eigenvalue weighted by Crippen LogP contribution is -2.12. The largest absolute Gasteiger partial charge is 0.496 e. The summed E-state index contributed by atoms with van der Waals surface area (Å²) in [6.07, 6.45) is 0.822. The van der Waals surface area contributed by atoms with Crippen LogP contribution < -0.4 is 10.1 Å². The fraction of sp³-hybridized carbons (Fsp3) is 0.600. The molecule has 0 amide bonds. The van der Waals surface area contributed by atoms with Crippen LogP contribution in [0.15, 0.2) is 18.2 Å². The van der Waals surface area contributed by atoms with Gasteiger partial charge in [-0.1, -0.05) is 13.0 Å². The minimum absolute atomic E-state index is 0.535. The van der Waals surface area contributed by atoms with Gasteiger partial charge in [-0.2, -0.15) is 0 Å². The van der Waals surface area contributed by atoms with E-state index in [9.17, 15) is 4.21 Å². The van der Waals surface area contributed by atoms with E-state index in [0.29, 0.717) is 18.1 Å². The maximum absolute atomic E-state index is 12.1. The highest BCUT2D eigenvalue weighted by atomic mass is 32.2. The van der Waals surface area contributed by atoms with Crippen molar-refractivity contribution in [3.63, 3.8) is 0 Å². The molecule has 114 valence electrons. The highest BCUT2D eigenvalue weighted by molar-refractivity contribution is 7.84. The summed E-state index contributed by atoms with van der Waals surface area (Å²) >= 11 is 0. The van der Waals surface area contributed by atoms with Crippen LogP contribution in [0.3, 0.4) is 0 Å². The van der Waals surface area contributed by atoms with E-state index >= 15 is 0 Å².